The highest BCUT2D eigenvalue weighted by Crippen LogP contribution is 2.08. The summed E-state index contributed by atoms with van der Waals surface area (Å²) in [6, 6.07) is 16.0. The molecule has 0 bridgehead atoms. The number of carbonyl (C=O) groups is 3. The summed E-state index contributed by atoms with van der Waals surface area (Å²) in [6.45, 7) is 0.308. The van der Waals surface area contributed by atoms with Crippen LogP contribution in [0, 0.1) is 0 Å². The van der Waals surface area contributed by atoms with Gasteiger partial charge in [0.2, 0.25) is 11.8 Å². The van der Waals surface area contributed by atoms with Crippen LogP contribution in [0.4, 0.5) is 0 Å². The molecule has 0 radical (unpaired) electrons. The van der Waals surface area contributed by atoms with Gasteiger partial charge in [0.1, 0.15) is 6.04 Å². The fourth-order valence-corrected chi connectivity index (χ4v) is 3.67. The number of nitrogens with one attached hydrogen (secondary N) is 2. The van der Waals surface area contributed by atoms with E-state index in [0.29, 0.717) is 25.8 Å². The normalized spacial score (nSPS) is 13.2. The van der Waals surface area contributed by atoms with Crippen LogP contribution in [-0.4, -0.2) is 54.1 Å². The van der Waals surface area contributed by atoms with Gasteiger partial charge in [-0.1, -0.05) is 60.7 Å². The number of nitrogens with two attached hydrogens (primary N) is 3. The molecular weight excluding hydrogens is 468 g/mol. The molecule has 0 aromatic heterocycles. The van der Waals surface area contributed by atoms with E-state index in [1.54, 1.807) is 0 Å². The SMILES string of the molecule is NC(N)=NCCC[C@H](NC(=O)[C@H](Cc1ccccc1)NC(=O)[C@@H](N)Cc1ccccc1)C(=O)CCl. The van der Waals surface area contributed by atoms with Gasteiger partial charge >= 0.3 is 0 Å². The number of amides is 2. The number of nitrogens with zero attached hydrogens (tertiary/aromatic N) is 1. The maximum atomic E-state index is 13.2. The van der Waals surface area contributed by atoms with Gasteiger partial charge in [-0.15, -0.1) is 11.6 Å². The van der Waals surface area contributed by atoms with Gasteiger partial charge in [-0.3, -0.25) is 19.4 Å². The molecule has 9 nitrogen and oxygen atoms in total. The van der Waals surface area contributed by atoms with Crippen LogP contribution in [0.3, 0.4) is 0 Å². The minimum atomic E-state index is -0.935. The number of guanidine groups is 1. The largest absolute Gasteiger partial charge is 0.370 e. The van der Waals surface area contributed by atoms with Crippen LogP contribution in [0.1, 0.15) is 24.0 Å². The molecule has 0 saturated carbocycles. The fraction of sp³-hybridized carbons (Fsp3) is 0.360. The average Bonchev–Trinajstić information content (AvgIpc) is 2.85. The first kappa shape index (κ1) is 27.8. The van der Waals surface area contributed by atoms with Crippen molar-refractivity contribution in [3.05, 3.63) is 71.8 Å². The monoisotopic (exact) mass is 500 g/mol. The third kappa shape index (κ3) is 10.2. The van der Waals surface area contributed by atoms with Crippen molar-refractivity contribution in [2.24, 2.45) is 22.2 Å². The van der Waals surface area contributed by atoms with Crippen molar-refractivity contribution in [2.75, 3.05) is 12.4 Å². The van der Waals surface area contributed by atoms with Gasteiger partial charge in [0.15, 0.2) is 11.7 Å². The highest BCUT2D eigenvalue weighted by atomic mass is 35.5. The van der Waals surface area contributed by atoms with Gasteiger partial charge in [-0.2, -0.15) is 0 Å². The molecule has 2 amide bonds. The summed E-state index contributed by atoms with van der Waals surface area (Å²) in [5.41, 5.74) is 18.5. The van der Waals surface area contributed by atoms with Crippen LogP contribution < -0.4 is 27.8 Å². The van der Waals surface area contributed by atoms with Crippen LogP contribution in [0.25, 0.3) is 0 Å². The van der Waals surface area contributed by atoms with Gasteiger partial charge < -0.3 is 27.8 Å². The van der Waals surface area contributed by atoms with E-state index in [4.69, 9.17) is 28.8 Å². The summed E-state index contributed by atoms with van der Waals surface area (Å²) in [4.78, 5) is 42.3. The smallest absolute Gasteiger partial charge is 0.243 e. The summed E-state index contributed by atoms with van der Waals surface area (Å²) >= 11 is 5.75. The molecule has 3 atom stereocenters. The van der Waals surface area contributed by atoms with Crippen LogP contribution >= 0.6 is 11.6 Å². The second-order valence-corrected chi connectivity index (χ2v) is 8.42. The van der Waals surface area contributed by atoms with Crippen LogP contribution in [0.15, 0.2) is 65.7 Å². The van der Waals surface area contributed by atoms with Gasteiger partial charge in [-0.25, -0.2) is 0 Å². The Balaban J connectivity index is 2.11. The summed E-state index contributed by atoms with van der Waals surface area (Å²) < 4.78 is 0. The maximum absolute atomic E-state index is 13.2. The summed E-state index contributed by atoms with van der Waals surface area (Å²) in [7, 11) is 0. The maximum Gasteiger partial charge on any atom is 0.243 e. The summed E-state index contributed by atoms with van der Waals surface area (Å²) in [5.74, 6) is -1.61. The van der Waals surface area contributed by atoms with E-state index in [9.17, 15) is 14.4 Å². The Morgan fingerprint density at radius 3 is 1.91 bits per heavy atom. The lowest BCUT2D eigenvalue weighted by Gasteiger charge is -2.24. The lowest BCUT2D eigenvalue weighted by Crippen LogP contribution is -2.55. The van der Waals surface area contributed by atoms with E-state index < -0.39 is 29.9 Å². The topological polar surface area (TPSA) is 166 Å². The zero-order chi connectivity index (χ0) is 25.6. The van der Waals surface area contributed by atoms with E-state index >= 15 is 0 Å². The van der Waals surface area contributed by atoms with Crippen LogP contribution in [0.2, 0.25) is 0 Å². The number of hydrogen-bond acceptors (Lipinski definition) is 5. The third-order valence-electron chi connectivity index (χ3n) is 5.33. The minimum Gasteiger partial charge on any atom is -0.370 e. The Labute approximate surface area is 210 Å². The van der Waals surface area contributed by atoms with E-state index in [0.717, 1.165) is 11.1 Å². The number of hydrogen-bond donors (Lipinski definition) is 5. The van der Waals surface area contributed by atoms with E-state index in [-0.39, 0.29) is 24.0 Å². The molecule has 2 rings (SSSR count). The van der Waals surface area contributed by atoms with Crippen molar-refractivity contribution in [1.82, 2.24) is 10.6 Å². The Bertz CT molecular complexity index is 983. The Hall–Kier alpha value is -3.43. The number of alkyl halides is 1. The predicted octanol–water partition coefficient (Wildman–Crippen LogP) is 0.630. The number of benzene rings is 2. The van der Waals surface area contributed by atoms with E-state index in [2.05, 4.69) is 15.6 Å². The molecule has 0 aliphatic carbocycles. The van der Waals surface area contributed by atoms with Crippen molar-refractivity contribution in [3.8, 4) is 0 Å². The second kappa shape index (κ2) is 14.7. The molecule has 0 fully saturated rings. The fourth-order valence-electron chi connectivity index (χ4n) is 3.48. The first-order valence-electron chi connectivity index (χ1n) is 11.4. The molecule has 0 unspecified atom stereocenters. The van der Waals surface area contributed by atoms with Gasteiger partial charge in [0, 0.05) is 13.0 Å². The molecule has 0 aliphatic rings. The lowest BCUT2D eigenvalue weighted by molar-refractivity contribution is -0.131. The quantitative estimate of drug-likeness (QED) is 0.110. The Kier molecular flexibility index (Phi) is 11.7. The zero-order valence-corrected chi connectivity index (χ0v) is 20.3. The molecule has 0 saturated heterocycles. The number of rotatable bonds is 14. The molecule has 188 valence electrons. The molecular formula is C25H33ClN6O3. The summed E-state index contributed by atoms with van der Waals surface area (Å²) in [5, 5.41) is 5.49. The predicted molar refractivity (Wildman–Crippen MR) is 138 cm³/mol. The first-order valence-corrected chi connectivity index (χ1v) is 11.9. The van der Waals surface area contributed by atoms with Crippen molar-refractivity contribution in [1.29, 1.82) is 0 Å². The van der Waals surface area contributed by atoms with Crippen LogP contribution in [0.5, 0.6) is 0 Å². The second-order valence-electron chi connectivity index (χ2n) is 8.16. The molecule has 0 aliphatic heterocycles. The summed E-state index contributed by atoms with van der Waals surface area (Å²) in [6.07, 6.45) is 1.31. The minimum absolute atomic E-state index is 0.0493. The highest BCUT2D eigenvalue weighted by molar-refractivity contribution is 6.28. The third-order valence-corrected chi connectivity index (χ3v) is 5.60. The van der Waals surface area contributed by atoms with Crippen LogP contribution in [-0.2, 0) is 27.2 Å². The average molecular weight is 501 g/mol. The number of carbonyl (C=O) groups excluding carboxylic acids is 3. The van der Waals surface area contributed by atoms with Gasteiger partial charge in [0.25, 0.3) is 0 Å². The first-order chi connectivity index (χ1) is 16.8. The molecule has 10 heteroatoms. The molecule has 2 aromatic rings. The van der Waals surface area contributed by atoms with Gasteiger partial charge in [0.05, 0.1) is 18.0 Å². The number of halogens is 1. The molecule has 2 aromatic carbocycles. The molecule has 0 spiro atoms. The number of ketones is 1. The zero-order valence-electron chi connectivity index (χ0n) is 19.5. The molecule has 35 heavy (non-hydrogen) atoms. The molecule has 0 heterocycles. The van der Waals surface area contributed by atoms with E-state index in [1.807, 2.05) is 60.7 Å². The van der Waals surface area contributed by atoms with Crippen molar-refractivity contribution < 1.29 is 14.4 Å². The van der Waals surface area contributed by atoms with Crippen molar-refractivity contribution in [2.45, 2.75) is 43.8 Å². The Morgan fingerprint density at radius 1 is 0.829 bits per heavy atom. The lowest BCUT2D eigenvalue weighted by atomic mass is 10.0. The number of Topliss-reactive ketones (excluding diaryl/α,β-unsaturated/α-hetero) is 1. The Morgan fingerprint density at radius 2 is 1.37 bits per heavy atom. The molecule has 8 N–H and O–H groups in total. The standard InChI is InChI=1S/C25H33ClN6O3/c26-16-22(33)20(12-7-13-30-25(28)29)31-24(35)21(15-18-10-5-2-6-11-18)32-23(34)19(27)14-17-8-3-1-4-9-17/h1-6,8-11,19-21H,7,12-16,27H2,(H,31,35)(H,32,34)(H4,28,29,30)/t19-,20-,21-/m0/s1. The van der Waals surface area contributed by atoms with E-state index in [1.165, 1.54) is 0 Å². The highest BCUT2D eigenvalue weighted by Gasteiger charge is 2.28. The van der Waals surface area contributed by atoms with Crippen molar-refractivity contribution >= 4 is 35.2 Å². The number of aliphatic imine (C=N–C) groups is 1. The van der Waals surface area contributed by atoms with Gasteiger partial charge in [-0.05, 0) is 30.4 Å². The van der Waals surface area contributed by atoms with Crippen molar-refractivity contribution in [3.63, 3.8) is 0 Å².